The Morgan fingerprint density at radius 2 is 1.79 bits per heavy atom. The molecule has 1 aliphatic rings. The molecule has 172 valence electrons. The predicted octanol–water partition coefficient (Wildman–Crippen LogP) is 6.24. The lowest BCUT2D eigenvalue weighted by molar-refractivity contribution is 0.102. The molecule has 5 rings (SSSR count). The Balaban J connectivity index is 1.51. The average Bonchev–Trinajstić information content (AvgIpc) is 3.31. The molecule has 0 aliphatic carbocycles. The van der Waals surface area contributed by atoms with Gasteiger partial charge in [0.05, 0.1) is 15.6 Å². The summed E-state index contributed by atoms with van der Waals surface area (Å²) >= 11 is 1.77. The van der Waals surface area contributed by atoms with Crippen LogP contribution in [0, 0.1) is 6.92 Å². The van der Waals surface area contributed by atoms with Gasteiger partial charge in [0.25, 0.3) is 5.91 Å². The van der Waals surface area contributed by atoms with Crippen molar-refractivity contribution < 1.29 is 4.79 Å². The maximum atomic E-state index is 12.7. The molecule has 3 heterocycles. The summed E-state index contributed by atoms with van der Waals surface area (Å²) in [6.45, 7) is 4.31. The highest BCUT2D eigenvalue weighted by Crippen LogP contribution is 2.42. The number of anilines is 1. The van der Waals surface area contributed by atoms with E-state index in [0.29, 0.717) is 17.3 Å². The van der Waals surface area contributed by atoms with E-state index in [0.717, 1.165) is 47.6 Å². The first-order valence-electron chi connectivity index (χ1n) is 11.7. The van der Waals surface area contributed by atoms with E-state index in [1.54, 1.807) is 29.7 Å². The van der Waals surface area contributed by atoms with Gasteiger partial charge < -0.3 is 10.2 Å². The van der Waals surface area contributed by atoms with Crippen LogP contribution >= 0.6 is 11.3 Å². The molecule has 2 aromatic carbocycles. The predicted molar refractivity (Wildman–Crippen MR) is 139 cm³/mol. The zero-order chi connectivity index (χ0) is 23.5. The standard InChI is InChI=1S/C28H28N4OS/c1-19-7-6-10-22(17-19)25-26(34-28(31-25)21-12-15-32(2)16-13-21)23-11-14-29-24(18-23)30-27(33)20-8-4-3-5-9-20/h3-11,14,17-18,21H,12-13,15-16H2,1-2H3,(H,29,30,33). The van der Waals surface area contributed by atoms with Crippen LogP contribution in [-0.4, -0.2) is 40.9 Å². The smallest absolute Gasteiger partial charge is 0.256 e. The van der Waals surface area contributed by atoms with Crippen molar-refractivity contribution in [3.05, 3.63) is 89.1 Å². The third-order valence-corrected chi connectivity index (χ3v) is 7.57. The van der Waals surface area contributed by atoms with Gasteiger partial charge in [-0.05, 0) is 75.8 Å². The van der Waals surface area contributed by atoms with Crippen molar-refractivity contribution in [2.75, 3.05) is 25.5 Å². The van der Waals surface area contributed by atoms with Crippen molar-refractivity contribution >= 4 is 23.1 Å². The third-order valence-electron chi connectivity index (χ3n) is 6.30. The summed E-state index contributed by atoms with van der Waals surface area (Å²) in [7, 11) is 2.18. The molecule has 5 nitrogen and oxygen atoms in total. The number of nitrogens with one attached hydrogen (secondary N) is 1. The molecule has 0 atom stereocenters. The fraction of sp³-hybridized carbons (Fsp3) is 0.250. The van der Waals surface area contributed by atoms with Crippen LogP contribution in [0.2, 0.25) is 0 Å². The molecule has 1 N–H and O–H groups in total. The minimum atomic E-state index is -0.166. The molecule has 0 saturated carbocycles. The van der Waals surface area contributed by atoms with Gasteiger partial charge in [-0.3, -0.25) is 4.79 Å². The number of benzene rings is 2. The normalized spacial score (nSPS) is 14.8. The van der Waals surface area contributed by atoms with E-state index in [1.165, 1.54) is 10.6 Å². The van der Waals surface area contributed by atoms with Crippen LogP contribution in [0.5, 0.6) is 0 Å². The Hall–Kier alpha value is -3.35. The second kappa shape index (κ2) is 9.87. The third kappa shape index (κ3) is 4.93. The van der Waals surface area contributed by atoms with E-state index in [1.807, 2.05) is 30.3 Å². The topological polar surface area (TPSA) is 58.1 Å². The van der Waals surface area contributed by atoms with E-state index in [4.69, 9.17) is 4.98 Å². The molecule has 0 bridgehead atoms. The minimum Gasteiger partial charge on any atom is -0.307 e. The van der Waals surface area contributed by atoms with Gasteiger partial charge in [-0.15, -0.1) is 11.3 Å². The lowest BCUT2D eigenvalue weighted by atomic mass is 9.98. The summed E-state index contributed by atoms with van der Waals surface area (Å²) in [5.41, 5.74) is 4.97. The zero-order valence-corrected chi connectivity index (χ0v) is 20.3. The quantitative estimate of drug-likeness (QED) is 0.377. The van der Waals surface area contributed by atoms with Gasteiger partial charge in [0.15, 0.2) is 0 Å². The summed E-state index contributed by atoms with van der Waals surface area (Å²) in [5.74, 6) is 0.855. The number of carbonyl (C=O) groups excluding carboxylic acids is 1. The van der Waals surface area contributed by atoms with Gasteiger partial charge in [-0.2, -0.15) is 0 Å². The number of hydrogen-bond acceptors (Lipinski definition) is 5. The van der Waals surface area contributed by atoms with Gasteiger partial charge in [-0.25, -0.2) is 9.97 Å². The molecule has 34 heavy (non-hydrogen) atoms. The molecular weight excluding hydrogens is 440 g/mol. The molecule has 0 unspecified atom stereocenters. The van der Waals surface area contributed by atoms with Crippen LogP contribution in [0.15, 0.2) is 72.9 Å². The number of piperidine rings is 1. The fourth-order valence-electron chi connectivity index (χ4n) is 4.37. The number of amides is 1. The van der Waals surface area contributed by atoms with Gasteiger partial charge in [0.2, 0.25) is 0 Å². The second-order valence-electron chi connectivity index (χ2n) is 8.93. The molecule has 0 spiro atoms. The summed E-state index contributed by atoms with van der Waals surface area (Å²) in [4.78, 5) is 25.7. The van der Waals surface area contributed by atoms with Crippen LogP contribution in [0.4, 0.5) is 5.82 Å². The number of rotatable bonds is 5. The average molecular weight is 469 g/mol. The fourth-order valence-corrected chi connectivity index (χ4v) is 5.62. The Bertz CT molecular complexity index is 1290. The van der Waals surface area contributed by atoms with Gasteiger partial charge in [-0.1, -0.05) is 42.0 Å². The molecule has 1 amide bonds. The molecule has 1 fully saturated rings. The number of carbonyl (C=O) groups is 1. The van der Waals surface area contributed by atoms with Crippen LogP contribution in [-0.2, 0) is 0 Å². The number of thiazole rings is 1. The van der Waals surface area contributed by atoms with Crippen molar-refractivity contribution in [1.82, 2.24) is 14.9 Å². The lowest BCUT2D eigenvalue weighted by Crippen LogP contribution is -2.29. The second-order valence-corrected chi connectivity index (χ2v) is 9.96. The van der Waals surface area contributed by atoms with Gasteiger partial charge >= 0.3 is 0 Å². The number of aromatic nitrogens is 2. The Morgan fingerprint density at radius 3 is 2.56 bits per heavy atom. The van der Waals surface area contributed by atoms with Gasteiger partial charge in [0, 0.05) is 23.2 Å². The highest BCUT2D eigenvalue weighted by atomic mass is 32.1. The van der Waals surface area contributed by atoms with Crippen molar-refractivity contribution in [1.29, 1.82) is 0 Å². The first kappa shape index (κ1) is 22.4. The van der Waals surface area contributed by atoms with E-state index >= 15 is 0 Å². The number of hydrogen-bond donors (Lipinski definition) is 1. The molecule has 1 aliphatic heterocycles. The minimum absolute atomic E-state index is 0.166. The summed E-state index contributed by atoms with van der Waals surface area (Å²) in [6, 6.07) is 21.7. The molecule has 0 radical (unpaired) electrons. The number of aryl methyl sites for hydroxylation is 1. The molecule has 1 saturated heterocycles. The SMILES string of the molecule is Cc1cccc(-c2nc(C3CCN(C)CC3)sc2-c2ccnc(NC(=O)c3ccccc3)c2)c1. The largest absolute Gasteiger partial charge is 0.307 e. The number of likely N-dealkylation sites (tertiary alicyclic amines) is 1. The van der Waals surface area contributed by atoms with Crippen molar-refractivity contribution in [2.45, 2.75) is 25.7 Å². The number of pyridine rings is 1. The first-order valence-corrected chi connectivity index (χ1v) is 12.5. The summed E-state index contributed by atoms with van der Waals surface area (Å²) in [5, 5.41) is 4.14. The van der Waals surface area contributed by atoms with Crippen LogP contribution in [0.3, 0.4) is 0 Å². The lowest BCUT2D eigenvalue weighted by Gasteiger charge is -2.27. The van der Waals surface area contributed by atoms with Crippen LogP contribution in [0.25, 0.3) is 21.7 Å². The van der Waals surface area contributed by atoms with Crippen molar-refractivity contribution in [2.24, 2.45) is 0 Å². The van der Waals surface area contributed by atoms with Crippen molar-refractivity contribution in [3.63, 3.8) is 0 Å². The zero-order valence-electron chi connectivity index (χ0n) is 19.5. The van der Waals surface area contributed by atoms with Crippen LogP contribution < -0.4 is 5.32 Å². The summed E-state index contributed by atoms with van der Waals surface area (Å²) in [6.07, 6.45) is 4.02. The van der Waals surface area contributed by atoms with Gasteiger partial charge in [0.1, 0.15) is 5.82 Å². The highest BCUT2D eigenvalue weighted by Gasteiger charge is 2.24. The van der Waals surface area contributed by atoms with E-state index in [-0.39, 0.29) is 5.91 Å². The Labute approximate surface area is 204 Å². The molecular formula is C28H28N4OS. The Kier molecular flexibility index (Phi) is 6.52. The number of nitrogens with zero attached hydrogens (tertiary/aromatic N) is 3. The van der Waals surface area contributed by atoms with E-state index in [9.17, 15) is 4.79 Å². The highest BCUT2D eigenvalue weighted by molar-refractivity contribution is 7.15. The van der Waals surface area contributed by atoms with E-state index < -0.39 is 0 Å². The molecule has 2 aromatic heterocycles. The Morgan fingerprint density at radius 1 is 1.00 bits per heavy atom. The molecule has 6 heteroatoms. The maximum absolute atomic E-state index is 12.7. The first-order chi connectivity index (χ1) is 16.6. The maximum Gasteiger partial charge on any atom is 0.256 e. The van der Waals surface area contributed by atoms with Crippen LogP contribution in [0.1, 0.15) is 39.7 Å². The van der Waals surface area contributed by atoms with E-state index in [2.05, 4.69) is 53.4 Å². The summed E-state index contributed by atoms with van der Waals surface area (Å²) < 4.78 is 0. The molecule has 4 aromatic rings. The monoisotopic (exact) mass is 468 g/mol. The van der Waals surface area contributed by atoms with Crippen molar-refractivity contribution in [3.8, 4) is 21.7 Å².